The molecule has 0 aliphatic carbocycles. The van der Waals surface area contributed by atoms with Gasteiger partial charge in [0.1, 0.15) is 5.82 Å². The van der Waals surface area contributed by atoms with Gasteiger partial charge in [-0.3, -0.25) is 4.79 Å². The zero-order valence-corrected chi connectivity index (χ0v) is 8.88. The van der Waals surface area contributed by atoms with E-state index in [1.165, 1.54) is 24.3 Å². The minimum atomic E-state index is -1.86. The summed E-state index contributed by atoms with van der Waals surface area (Å²) in [6.07, 6.45) is -0.181. The molecule has 0 atom stereocenters. The molecule has 0 aliphatic rings. The van der Waals surface area contributed by atoms with Crippen LogP contribution < -0.4 is 0 Å². The third kappa shape index (κ3) is 1.77. The van der Waals surface area contributed by atoms with Gasteiger partial charge in [-0.05, 0) is 5.56 Å². The Morgan fingerprint density at radius 2 is 1.39 bits per heavy atom. The van der Waals surface area contributed by atoms with Gasteiger partial charge >= 0.3 is 0 Å². The predicted octanol–water partition coefficient (Wildman–Crippen LogP) is 3.72. The van der Waals surface area contributed by atoms with Crippen molar-refractivity contribution in [2.75, 3.05) is 0 Å². The van der Waals surface area contributed by atoms with Crippen molar-refractivity contribution in [1.29, 1.82) is 0 Å². The first-order valence-corrected chi connectivity index (χ1v) is 4.94. The van der Waals surface area contributed by atoms with Gasteiger partial charge in [-0.15, -0.1) is 0 Å². The van der Waals surface area contributed by atoms with Crippen molar-refractivity contribution in [3.8, 4) is 11.1 Å². The second-order valence-electron chi connectivity index (χ2n) is 3.53. The van der Waals surface area contributed by atoms with E-state index in [9.17, 15) is 22.4 Å². The van der Waals surface area contributed by atoms with Crippen LogP contribution in [0.15, 0.2) is 30.3 Å². The number of hydrogen-bond donors (Lipinski definition) is 0. The van der Waals surface area contributed by atoms with Gasteiger partial charge < -0.3 is 0 Å². The van der Waals surface area contributed by atoms with Crippen molar-refractivity contribution in [2.45, 2.75) is 0 Å². The second kappa shape index (κ2) is 4.60. The highest BCUT2D eigenvalue weighted by Crippen LogP contribution is 2.31. The zero-order chi connectivity index (χ0) is 13.3. The smallest absolute Gasteiger partial charge is 0.196 e. The Morgan fingerprint density at radius 1 is 0.778 bits per heavy atom. The molecular weight excluding hydrogens is 248 g/mol. The van der Waals surface area contributed by atoms with Crippen molar-refractivity contribution in [2.24, 2.45) is 0 Å². The Kier molecular flexibility index (Phi) is 3.14. The fourth-order valence-electron chi connectivity index (χ4n) is 1.61. The first kappa shape index (κ1) is 12.3. The fourth-order valence-corrected chi connectivity index (χ4v) is 1.61. The van der Waals surface area contributed by atoms with Crippen LogP contribution in [0, 0.1) is 23.3 Å². The number of carbonyl (C=O) groups is 1. The van der Waals surface area contributed by atoms with E-state index in [1.807, 2.05) is 0 Å². The molecule has 0 unspecified atom stereocenters. The number of aldehydes is 1. The van der Waals surface area contributed by atoms with E-state index < -0.39 is 34.4 Å². The Balaban J connectivity index is 2.84. The number of carbonyl (C=O) groups excluding carboxylic acids is 1. The maximum atomic E-state index is 13.8. The maximum Gasteiger partial charge on any atom is 0.196 e. The van der Waals surface area contributed by atoms with Crippen LogP contribution in [0.3, 0.4) is 0 Å². The molecule has 0 radical (unpaired) electrons. The van der Waals surface area contributed by atoms with Crippen molar-refractivity contribution in [3.05, 3.63) is 59.2 Å². The van der Waals surface area contributed by atoms with E-state index in [0.29, 0.717) is 0 Å². The summed E-state index contributed by atoms with van der Waals surface area (Å²) in [6, 6.07) is 7.22. The SMILES string of the molecule is O=Cc1c(F)c(F)c(F)c(-c2ccccc2)c1F. The van der Waals surface area contributed by atoms with Crippen LogP contribution in [0.2, 0.25) is 0 Å². The molecule has 1 nitrogen and oxygen atoms in total. The van der Waals surface area contributed by atoms with Crippen molar-refractivity contribution in [3.63, 3.8) is 0 Å². The molecule has 2 rings (SSSR count). The summed E-state index contributed by atoms with van der Waals surface area (Å²) in [5, 5.41) is 0. The van der Waals surface area contributed by atoms with E-state index >= 15 is 0 Å². The first-order chi connectivity index (χ1) is 8.57. The van der Waals surface area contributed by atoms with Gasteiger partial charge in [-0.2, -0.15) is 0 Å². The summed E-state index contributed by atoms with van der Waals surface area (Å²) in [5.41, 5.74) is -1.85. The molecule has 0 bridgehead atoms. The predicted molar refractivity (Wildman–Crippen MR) is 57.1 cm³/mol. The molecule has 2 aromatic carbocycles. The van der Waals surface area contributed by atoms with Gasteiger partial charge in [0, 0.05) is 0 Å². The van der Waals surface area contributed by atoms with E-state index in [0.717, 1.165) is 0 Å². The van der Waals surface area contributed by atoms with Gasteiger partial charge in [0.15, 0.2) is 23.7 Å². The quantitative estimate of drug-likeness (QED) is 0.345. The summed E-state index contributed by atoms with van der Waals surface area (Å²) < 4.78 is 53.7. The van der Waals surface area contributed by atoms with Crippen LogP contribution in [-0.2, 0) is 0 Å². The summed E-state index contributed by atoms with van der Waals surface area (Å²) in [6.45, 7) is 0. The number of halogens is 4. The lowest BCUT2D eigenvalue weighted by molar-refractivity contribution is 0.111. The topological polar surface area (TPSA) is 17.1 Å². The summed E-state index contributed by atoms with van der Waals surface area (Å²) in [7, 11) is 0. The van der Waals surface area contributed by atoms with Crippen LogP contribution in [0.4, 0.5) is 17.6 Å². The molecule has 0 N–H and O–H groups in total. The molecule has 0 heterocycles. The van der Waals surface area contributed by atoms with Crippen LogP contribution in [0.1, 0.15) is 10.4 Å². The van der Waals surface area contributed by atoms with E-state index in [2.05, 4.69) is 0 Å². The minimum Gasteiger partial charge on any atom is -0.298 e. The monoisotopic (exact) mass is 254 g/mol. The highest BCUT2D eigenvalue weighted by molar-refractivity contribution is 5.80. The fraction of sp³-hybridized carbons (Fsp3) is 0. The summed E-state index contributed by atoms with van der Waals surface area (Å²) >= 11 is 0. The lowest BCUT2D eigenvalue weighted by Crippen LogP contribution is -2.05. The second-order valence-corrected chi connectivity index (χ2v) is 3.53. The number of benzene rings is 2. The molecule has 0 saturated carbocycles. The average molecular weight is 254 g/mol. The van der Waals surface area contributed by atoms with Gasteiger partial charge in [0.25, 0.3) is 0 Å². The third-order valence-corrected chi connectivity index (χ3v) is 2.48. The normalized spacial score (nSPS) is 10.4. The van der Waals surface area contributed by atoms with Gasteiger partial charge in [-0.25, -0.2) is 17.6 Å². The highest BCUT2D eigenvalue weighted by atomic mass is 19.2. The van der Waals surface area contributed by atoms with E-state index in [-0.39, 0.29) is 11.8 Å². The lowest BCUT2D eigenvalue weighted by Gasteiger charge is -2.09. The summed E-state index contributed by atoms with van der Waals surface area (Å²) in [4.78, 5) is 10.5. The van der Waals surface area contributed by atoms with Crippen molar-refractivity contribution >= 4 is 6.29 Å². The lowest BCUT2D eigenvalue weighted by atomic mass is 10.0. The Bertz CT molecular complexity index is 608. The molecule has 0 aliphatic heterocycles. The average Bonchev–Trinajstić information content (AvgIpc) is 2.38. The number of rotatable bonds is 2. The number of hydrogen-bond acceptors (Lipinski definition) is 1. The Labute approximate surface area is 99.7 Å². The standard InChI is InChI=1S/C13H6F4O/c14-10-8(6-18)11(15)13(17)12(16)9(10)7-4-2-1-3-5-7/h1-6H. The molecule has 0 aromatic heterocycles. The highest BCUT2D eigenvalue weighted by Gasteiger charge is 2.25. The van der Waals surface area contributed by atoms with Gasteiger partial charge in [0.2, 0.25) is 0 Å². The molecule has 2 aromatic rings. The Hall–Kier alpha value is -2.17. The zero-order valence-electron chi connectivity index (χ0n) is 8.88. The minimum absolute atomic E-state index is 0.0227. The molecular formula is C13H6F4O. The maximum absolute atomic E-state index is 13.8. The van der Waals surface area contributed by atoms with Crippen molar-refractivity contribution in [1.82, 2.24) is 0 Å². The summed E-state index contributed by atoms with van der Waals surface area (Å²) in [5.74, 6) is -6.74. The van der Waals surface area contributed by atoms with E-state index in [1.54, 1.807) is 6.07 Å². The largest absolute Gasteiger partial charge is 0.298 e. The molecule has 18 heavy (non-hydrogen) atoms. The molecule has 5 heteroatoms. The first-order valence-electron chi connectivity index (χ1n) is 4.94. The molecule has 0 fully saturated rings. The van der Waals surface area contributed by atoms with Crippen LogP contribution >= 0.6 is 0 Å². The van der Waals surface area contributed by atoms with Gasteiger partial charge in [-0.1, -0.05) is 30.3 Å². The van der Waals surface area contributed by atoms with E-state index in [4.69, 9.17) is 0 Å². The Morgan fingerprint density at radius 3 is 1.94 bits per heavy atom. The van der Waals surface area contributed by atoms with Crippen LogP contribution in [-0.4, -0.2) is 6.29 Å². The van der Waals surface area contributed by atoms with Gasteiger partial charge in [0.05, 0.1) is 11.1 Å². The molecule has 0 amide bonds. The molecule has 0 saturated heterocycles. The van der Waals surface area contributed by atoms with Crippen LogP contribution in [0.25, 0.3) is 11.1 Å². The van der Waals surface area contributed by atoms with Crippen LogP contribution in [0.5, 0.6) is 0 Å². The third-order valence-electron chi connectivity index (χ3n) is 2.48. The molecule has 0 spiro atoms. The molecule has 92 valence electrons. The van der Waals surface area contributed by atoms with Crippen molar-refractivity contribution < 1.29 is 22.4 Å².